The van der Waals surface area contributed by atoms with Crippen molar-refractivity contribution in [3.05, 3.63) is 76.8 Å². The predicted octanol–water partition coefficient (Wildman–Crippen LogP) is 6.04. The summed E-state index contributed by atoms with van der Waals surface area (Å²) >= 11 is 7.55. The fourth-order valence-corrected chi connectivity index (χ4v) is 4.02. The van der Waals surface area contributed by atoms with Crippen molar-refractivity contribution in [3.8, 4) is 11.5 Å². The molecular weight excluding hydrogens is 460 g/mol. The fourth-order valence-electron chi connectivity index (χ4n) is 2.97. The molecule has 3 aromatic carbocycles. The van der Waals surface area contributed by atoms with Crippen molar-refractivity contribution in [2.45, 2.75) is 24.0 Å². The lowest BCUT2D eigenvalue weighted by atomic mass is 10.2. The highest BCUT2D eigenvalue weighted by Crippen LogP contribution is 2.29. The van der Waals surface area contributed by atoms with Gasteiger partial charge in [0.2, 0.25) is 5.91 Å². The van der Waals surface area contributed by atoms with Crippen LogP contribution in [0.25, 0.3) is 0 Å². The van der Waals surface area contributed by atoms with Crippen LogP contribution in [0.15, 0.2) is 65.6 Å². The minimum Gasteiger partial charge on any atom is -0.493 e. The molecular formula is C25H25ClN2O4S. The summed E-state index contributed by atoms with van der Waals surface area (Å²) in [6, 6.07) is 17.7. The SMILES string of the molecule is COc1ccc(C(=O)Nc2ccc(SC(C)C(=O)Nc3ccc(C)c(Cl)c3)cc2)cc1OC. The highest BCUT2D eigenvalue weighted by atomic mass is 35.5. The maximum atomic E-state index is 12.6. The second kappa shape index (κ2) is 11.1. The van der Waals surface area contributed by atoms with Gasteiger partial charge in [-0.25, -0.2) is 0 Å². The molecule has 8 heteroatoms. The van der Waals surface area contributed by atoms with Crippen LogP contribution in [-0.4, -0.2) is 31.3 Å². The Balaban J connectivity index is 1.58. The minimum atomic E-state index is -0.322. The summed E-state index contributed by atoms with van der Waals surface area (Å²) in [7, 11) is 3.06. The van der Waals surface area contributed by atoms with Crippen molar-refractivity contribution in [1.82, 2.24) is 0 Å². The molecule has 0 bridgehead atoms. The fraction of sp³-hybridized carbons (Fsp3) is 0.200. The molecule has 0 aliphatic heterocycles. The number of aryl methyl sites for hydroxylation is 1. The Morgan fingerprint density at radius 1 is 0.879 bits per heavy atom. The van der Waals surface area contributed by atoms with Gasteiger partial charge in [-0.3, -0.25) is 9.59 Å². The first-order valence-corrected chi connectivity index (χ1v) is 11.4. The molecule has 0 radical (unpaired) electrons. The van der Waals surface area contributed by atoms with Crippen molar-refractivity contribution in [2.75, 3.05) is 24.9 Å². The lowest BCUT2D eigenvalue weighted by molar-refractivity contribution is -0.115. The van der Waals surface area contributed by atoms with Gasteiger partial charge in [-0.05, 0) is 74.0 Å². The van der Waals surface area contributed by atoms with Gasteiger partial charge in [0.15, 0.2) is 11.5 Å². The van der Waals surface area contributed by atoms with E-state index in [2.05, 4.69) is 10.6 Å². The number of amides is 2. The van der Waals surface area contributed by atoms with Crippen LogP contribution < -0.4 is 20.1 Å². The molecule has 1 unspecified atom stereocenters. The Labute approximate surface area is 202 Å². The summed E-state index contributed by atoms with van der Waals surface area (Å²) in [5, 5.41) is 6.03. The van der Waals surface area contributed by atoms with Crippen molar-refractivity contribution in [2.24, 2.45) is 0 Å². The Morgan fingerprint density at radius 2 is 1.55 bits per heavy atom. The number of benzene rings is 3. The van der Waals surface area contributed by atoms with Crippen LogP contribution in [0.5, 0.6) is 11.5 Å². The maximum absolute atomic E-state index is 12.6. The molecule has 0 saturated carbocycles. The highest BCUT2D eigenvalue weighted by molar-refractivity contribution is 8.00. The Kier molecular flexibility index (Phi) is 8.25. The molecule has 3 aromatic rings. The third kappa shape index (κ3) is 6.43. The standard InChI is InChI=1S/C25H25ClN2O4S/c1-15-5-7-19(14-21(15)26)28-24(29)16(2)33-20-10-8-18(9-11-20)27-25(30)17-6-12-22(31-3)23(13-17)32-4/h5-14,16H,1-4H3,(H,27,30)(H,28,29). The number of halogens is 1. The molecule has 0 heterocycles. The normalized spacial score (nSPS) is 11.4. The summed E-state index contributed by atoms with van der Waals surface area (Å²) in [4.78, 5) is 26.0. The van der Waals surface area contributed by atoms with Crippen molar-refractivity contribution >= 4 is 46.6 Å². The number of hydrogen-bond donors (Lipinski definition) is 2. The molecule has 0 aliphatic rings. The lowest BCUT2D eigenvalue weighted by Crippen LogP contribution is -2.22. The monoisotopic (exact) mass is 484 g/mol. The van der Waals surface area contributed by atoms with Crippen molar-refractivity contribution in [3.63, 3.8) is 0 Å². The molecule has 0 fully saturated rings. The van der Waals surface area contributed by atoms with E-state index < -0.39 is 0 Å². The molecule has 0 aliphatic carbocycles. The second-order valence-electron chi connectivity index (χ2n) is 7.26. The topological polar surface area (TPSA) is 76.7 Å². The van der Waals surface area contributed by atoms with E-state index >= 15 is 0 Å². The average molecular weight is 485 g/mol. The van der Waals surface area contributed by atoms with E-state index in [0.717, 1.165) is 10.5 Å². The largest absolute Gasteiger partial charge is 0.493 e. The van der Waals surface area contributed by atoms with Crippen molar-refractivity contribution in [1.29, 1.82) is 0 Å². The van der Waals surface area contributed by atoms with Crippen LogP contribution in [0.1, 0.15) is 22.8 Å². The van der Waals surface area contributed by atoms with Crippen LogP contribution in [0.4, 0.5) is 11.4 Å². The predicted molar refractivity (Wildman–Crippen MR) is 134 cm³/mol. The highest BCUT2D eigenvalue weighted by Gasteiger charge is 2.16. The number of thioether (sulfide) groups is 1. The molecule has 6 nitrogen and oxygen atoms in total. The minimum absolute atomic E-state index is 0.120. The first kappa shape index (κ1) is 24.5. The zero-order valence-electron chi connectivity index (χ0n) is 18.8. The lowest BCUT2D eigenvalue weighted by Gasteiger charge is -2.13. The van der Waals surface area contributed by atoms with Gasteiger partial charge in [0.1, 0.15) is 0 Å². The number of nitrogens with one attached hydrogen (secondary N) is 2. The van der Waals surface area contributed by atoms with E-state index in [1.165, 1.54) is 18.9 Å². The zero-order chi connectivity index (χ0) is 24.0. The third-order valence-electron chi connectivity index (χ3n) is 4.88. The average Bonchev–Trinajstić information content (AvgIpc) is 2.82. The number of ether oxygens (including phenoxy) is 2. The van der Waals surface area contributed by atoms with Gasteiger partial charge in [-0.15, -0.1) is 11.8 Å². The Bertz CT molecular complexity index is 1150. The Morgan fingerprint density at radius 3 is 2.18 bits per heavy atom. The smallest absolute Gasteiger partial charge is 0.255 e. The van der Waals surface area contributed by atoms with Crippen LogP contribution in [0.2, 0.25) is 5.02 Å². The summed E-state index contributed by atoms with van der Waals surface area (Å²) in [6.07, 6.45) is 0. The van der Waals surface area contributed by atoms with Gasteiger partial charge in [0.25, 0.3) is 5.91 Å². The second-order valence-corrected chi connectivity index (χ2v) is 9.08. The number of anilines is 2. The molecule has 172 valence electrons. The van der Waals surface area contributed by atoms with Gasteiger partial charge in [0, 0.05) is 26.9 Å². The molecule has 2 N–H and O–H groups in total. The van der Waals surface area contributed by atoms with Gasteiger partial charge >= 0.3 is 0 Å². The van der Waals surface area contributed by atoms with Gasteiger partial charge in [-0.1, -0.05) is 17.7 Å². The number of carbonyl (C=O) groups excluding carboxylic acids is 2. The maximum Gasteiger partial charge on any atom is 0.255 e. The zero-order valence-corrected chi connectivity index (χ0v) is 20.3. The molecule has 0 saturated heterocycles. The van der Waals surface area contributed by atoms with Gasteiger partial charge in [-0.2, -0.15) is 0 Å². The summed E-state index contributed by atoms with van der Waals surface area (Å²) in [5.41, 5.74) is 2.71. The molecule has 33 heavy (non-hydrogen) atoms. The van der Waals surface area contributed by atoms with Gasteiger partial charge in [0.05, 0.1) is 19.5 Å². The number of methoxy groups -OCH3 is 2. The van der Waals surface area contributed by atoms with E-state index in [9.17, 15) is 9.59 Å². The van der Waals surface area contributed by atoms with Crippen LogP contribution in [-0.2, 0) is 4.79 Å². The molecule has 2 amide bonds. The third-order valence-corrected chi connectivity index (χ3v) is 6.40. The molecule has 0 aromatic heterocycles. The van der Waals surface area contributed by atoms with E-state index in [1.54, 1.807) is 43.5 Å². The van der Waals surface area contributed by atoms with Crippen LogP contribution >= 0.6 is 23.4 Å². The summed E-state index contributed by atoms with van der Waals surface area (Å²) in [6.45, 7) is 3.74. The van der Waals surface area contributed by atoms with Crippen LogP contribution in [0, 0.1) is 6.92 Å². The van der Waals surface area contributed by atoms with E-state index in [-0.39, 0.29) is 17.1 Å². The van der Waals surface area contributed by atoms with Gasteiger partial charge < -0.3 is 20.1 Å². The first-order chi connectivity index (χ1) is 15.8. The molecule has 1 atom stereocenters. The van der Waals surface area contributed by atoms with E-state index in [0.29, 0.717) is 33.5 Å². The quantitative estimate of drug-likeness (QED) is 0.381. The number of carbonyl (C=O) groups is 2. The first-order valence-electron chi connectivity index (χ1n) is 10.2. The Hall–Kier alpha value is -3.16. The van der Waals surface area contributed by atoms with E-state index in [1.807, 2.05) is 38.1 Å². The van der Waals surface area contributed by atoms with E-state index in [4.69, 9.17) is 21.1 Å². The molecule has 0 spiro atoms. The van der Waals surface area contributed by atoms with Crippen molar-refractivity contribution < 1.29 is 19.1 Å². The molecule has 3 rings (SSSR count). The summed E-state index contributed by atoms with van der Waals surface area (Å²) < 4.78 is 10.5. The number of hydrogen-bond acceptors (Lipinski definition) is 5. The number of rotatable bonds is 8. The summed E-state index contributed by atoms with van der Waals surface area (Å²) in [5.74, 6) is 0.655. The van der Waals surface area contributed by atoms with Crippen LogP contribution in [0.3, 0.4) is 0 Å².